The van der Waals surface area contributed by atoms with Crippen molar-refractivity contribution in [2.24, 2.45) is 5.10 Å². The van der Waals surface area contributed by atoms with E-state index in [1.807, 2.05) is 62.4 Å². The SMILES string of the molecule is Cc1cc(/C=N/NC(=O)C(O)(c2ccccc2)c2ccccc2)c(C)n1-c1ccc(OCc2ccc(Cl)cc2Cl)cc1. The van der Waals surface area contributed by atoms with Crippen molar-refractivity contribution in [3.8, 4) is 11.4 Å². The number of ether oxygens (including phenoxy) is 1. The summed E-state index contributed by atoms with van der Waals surface area (Å²) in [6.07, 6.45) is 1.58. The van der Waals surface area contributed by atoms with Gasteiger partial charge in [-0.2, -0.15) is 5.10 Å². The van der Waals surface area contributed by atoms with Gasteiger partial charge in [0.05, 0.1) is 6.21 Å². The van der Waals surface area contributed by atoms with Crippen LogP contribution in [0.1, 0.15) is 33.6 Å². The summed E-state index contributed by atoms with van der Waals surface area (Å²) in [4.78, 5) is 13.3. The van der Waals surface area contributed by atoms with Gasteiger partial charge in [-0.15, -0.1) is 0 Å². The van der Waals surface area contributed by atoms with Crippen LogP contribution in [-0.2, 0) is 17.0 Å². The van der Waals surface area contributed by atoms with Crippen molar-refractivity contribution in [3.05, 3.63) is 153 Å². The highest BCUT2D eigenvalue weighted by Crippen LogP contribution is 2.30. The van der Waals surface area contributed by atoms with E-state index in [1.165, 1.54) is 0 Å². The lowest BCUT2D eigenvalue weighted by Gasteiger charge is -2.27. The van der Waals surface area contributed by atoms with Crippen LogP contribution < -0.4 is 10.2 Å². The first-order valence-electron chi connectivity index (χ1n) is 13.3. The van der Waals surface area contributed by atoms with Crippen molar-refractivity contribution in [2.75, 3.05) is 0 Å². The van der Waals surface area contributed by atoms with Crippen LogP contribution >= 0.6 is 23.2 Å². The number of nitrogens with zero attached hydrogens (tertiary/aromatic N) is 2. The van der Waals surface area contributed by atoms with E-state index in [4.69, 9.17) is 27.9 Å². The third-order valence-electron chi connectivity index (χ3n) is 7.06. The molecule has 2 N–H and O–H groups in total. The minimum absolute atomic E-state index is 0.326. The predicted molar refractivity (Wildman–Crippen MR) is 168 cm³/mol. The van der Waals surface area contributed by atoms with Crippen LogP contribution in [0.5, 0.6) is 5.75 Å². The zero-order chi connectivity index (χ0) is 29.7. The summed E-state index contributed by atoms with van der Waals surface area (Å²) in [5.74, 6) is 0.0569. The molecule has 0 atom stereocenters. The molecule has 0 spiro atoms. The fourth-order valence-electron chi connectivity index (χ4n) is 4.84. The highest BCUT2D eigenvalue weighted by atomic mass is 35.5. The fourth-order valence-corrected chi connectivity index (χ4v) is 5.30. The van der Waals surface area contributed by atoms with Crippen molar-refractivity contribution < 1.29 is 14.6 Å². The molecule has 42 heavy (non-hydrogen) atoms. The average molecular weight is 599 g/mol. The molecule has 5 rings (SSSR count). The summed E-state index contributed by atoms with van der Waals surface area (Å²) in [6.45, 7) is 4.31. The Morgan fingerprint density at radius 2 is 1.52 bits per heavy atom. The Hall–Kier alpha value is -4.36. The lowest BCUT2D eigenvalue weighted by Crippen LogP contribution is -2.43. The van der Waals surface area contributed by atoms with Crippen molar-refractivity contribution in [1.82, 2.24) is 9.99 Å². The fraction of sp³-hybridized carbons (Fsp3) is 0.118. The Labute approximate surface area is 254 Å². The molecule has 0 saturated heterocycles. The van der Waals surface area contributed by atoms with Crippen molar-refractivity contribution in [3.63, 3.8) is 0 Å². The van der Waals surface area contributed by atoms with E-state index in [0.717, 1.165) is 28.2 Å². The van der Waals surface area contributed by atoms with Gasteiger partial charge < -0.3 is 14.4 Å². The van der Waals surface area contributed by atoms with Gasteiger partial charge in [-0.3, -0.25) is 4.79 Å². The number of carbonyl (C=O) groups is 1. The van der Waals surface area contributed by atoms with Crippen molar-refractivity contribution >= 4 is 35.3 Å². The van der Waals surface area contributed by atoms with Crippen LogP contribution in [0.4, 0.5) is 0 Å². The molecule has 0 aliphatic carbocycles. The Balaban J connectivity index is 1.30. The van der Waals surface area contributed by atoms with Gasteiger partial charge >= 0.3 is 0 Å². The molecule has 0 saturated carbocycles. The molecule has 0 bridgehead atoms. The van der Waals surface area contributed by atoms with Crippen LogP contribution in [0.3, 0.4) is 0 Å². The Morgan fingerprint density at radius 1 is 0.905 bits per heavy atom. The third-order valence-corrected chi connectivity index (χ3v) is 7.64. The predicted octanol–water partition coefficient (Wildman–Crippen LogP) is 7.37. The van der Waals surface area contributed by atoms with E-state index in [2.05, 4.69) is 15.1 Å². The molecular weight excluding hydrogens is 569 g/mol. The van der Waals surface area contributed by atoms with Gasteiger partial charge in [0.25, 0.3) is 5.91 Å². The highest BCUT2D eigenvalue weighted by molar-refractivity contribution is 6.35. The molecule has 6 nitrogen and oxygen atoms in total. The first-order chi connectivity index (χ1) is 20.3. The molecule has 212 valence electrons. The molecule has 0 fully saturated rings. The molecule has 0 aliphatic heterocycles. The zero-order valence-corrected chi connectivity index (χ0v) is 24.6. The monoisotopic (exact) mass is 597 g/mol. The Kier molecular flexibility index (Phi) is 8.78. The summed E-state index contributed by atoms with van der Waals surface area (Å²) in [5, 5.41) is 17.0. The van der Waals surface area contributed by atoms with E-state index in [0.29, 0.717) is 33.5 Å². The number of amides is 1. The summed E-state index contributed by atoms with van der Waals surface area (Å²) >= 11 is 12.2. The quantitative estimate of drug-likeness (QED) is 0.138. The number of halogens is 2. The summed E-state index contributed by atoms with van der Waals surface area (Å²) in [7, 11) is 0. The van der Waals surface area contributed by atoms with Gasteiger partial charge in [0.15, 0.2) is 5.60 Å². The molecule has 1 aromatic heterocycles. The van der Waals surface area contributed by atoms with Gasteiger partial charge in [-0.1, -0.05) is 89.9 Å². The van der Waals surface area contributed by atoms with Gasteiger partial charge in [0.1, 0.15) is 12.4 Å². The molecule has 0 radical (unpaired) electrons. The molecule has 1 heterocycles. The first kappa shape index (κ1) is 29.1. The minimum atomic E-state index is -1.90. The van der Waals surface area contributed by atoms with E-state index in [1.54, 1.807) is 66.9 Å². The second-order valence-corrected chi connectivity index (χ2v) is 10.7. The number of hydrazone groups is 1. The second kappa shape index (κ2) is 12.7. The number of aromatic nitrogens is 1. The van der Waals surface area contributed by atoms with Crippen LogP contribution in [0, 0.1) is 13.8 Å². The van der Waals surface area contributed by atoms with Gasteiger partial charge in [0, 0.05) is 38.2 Å². The minimum Gasteiger partial charge on any atom is -0.489 e. The largest absolute Gasteiger partial charge is 0.489 e. The number of aryl methyl sites for hydroxylation is 1. The van der Waals surface area contributed by atoms with E-state index in [9.17, 15) is 9.90 Å². The molecule has 5 aromatic rings. The normalized spacial score (nSPS) is 11.5. The Bertz CT molecular complexity index is 1680. The summed E-state index contributed by atoms with van der Waals surface area (Å²) in [5.41, 5.74) is 6.10. The van der Waals surface area contributed by atoms with Crippen molar-refractivity contribution in [2.45, 2.75) is 26.1 Å². The van der Waals surface area contributed by atoms with Crippen LogP contribution in [0.25, 0.3) is 5.69 Å². The number of carbonyl (C=O) groups excluding carboxylic acids is 1. The molecular formula is C34H29Cl2N3O3. The Morgan fingerprint density at radius 3 is 2.12 bits per heavy atom. The zero-order valence-electron chi connectivity index (χ0n) is 23.1. The highest BCUT2D eigenvalue weighted by Gasteiger charge is 2.39. The number of aliphatic hydroxyl groups is 1. The number of benzene rings is 4. The number of nitrogens with one attached hydrogen (secondary N) is 1. The van der Waals surface area contributed by atoms with E-state index in [-0.39, 0.29) is 0 Å². The average Bonchev–Trinajstić information content (AvgIpc) is 3.29. The maximum atomic E-state index is 13.3. The lowest BCUT2D eigenvalue weighted by molar-refractivity contribution is -0.136. The molecule has 4 aromatic carbocycles. The molecule has 0 unspecified atom stereocenters. The topological polar surface area (TPSA) is 75.9 Å². The number of hydrogen-bond donors (Lipinski definition) is 2. The number of hydrogen-bond acceptors (Lipinski definition) is 4. The van der Waals surface area contributed by atoms with Gasteiger partial charge in [0.2, 0.25) is 0 Å². The molecule has 1 amide bonds. The second-order valence-electron chi connectivity index (χ2n) is 9.82. The van der Waals surface area contributed by atoms with E-state index < -0.39 is 11.5 Å². The van der Waals surface area contributed by atoms with E-state index >= 15 is 0 Å². The maximum Gasteiger partial charge on any atom is 0.281 e. The van der Waals surface area contributed by atoms with Crippen LogP contribution in [-0.4, -0.2) is 21.8 Å². The standard InChI is InChI=1S/C34H29Cl2N3O3/c1-23-19-26(21-37-38-33(40)34(41,27-9-5-3-6-10-27)28-11-7-4-8-12-28)24(2)39(23)30-15-17-31(18-16-30)42-22-25-13-14-29(35)20-32(25)36/h3-21,41H,22H2,1-2H3,(H,38,40)/b37-21+. The van der Waals surface area contributed by atoms with Gasteiger partial charge in [-0.05, 0) is 67.4 Å². The van der Waals surface area contributed by atoms with Gasteiger partial charge in [-0.25, -0.2) is 5.43 Å². The number of rotatable bonds is 9. The van der Waals surface area contributed by atoms with Crippen LogP contribution in [0.15, 0.2) is 114 Å². The molecule has 0 aliphatic rings. The lowest BCUT2D eigenvalue weighted by atomic mass is 9.85. The summed E-state index contributed by atoms with van der Waals surface area (Å²) in [6, 6.07) is 32.7. The van der Waals surface area contributed by atoms with Crippen molar-refractivity contribution in [1.29, 1.82) is 0 Å². The molecule has 8 heteroatoms. The first-order valence-corrected chi connectivity index (χ1v) is 14.1. The maximum absolute atomic E-state index is 13.3. The third kappa shape index (κ3) is 6.11. The van der Waals surface area contributed by atoms with Crippen LogP contribution in [0.2, 0.25) is 10.0 Å². The smallest absolute Gasteiger partial charge is 0.281 e. The summed E-state index contributed by atoms with van der Waals surface area (Å²) < 4.78 is 8.01.